The van der Waals surface area contributed by atoms with Crippen LogP contribution in [0.1, 0.15) is 39.5 Å². The van der Waals surface area contributed by atoms with Gasteiger partial charge in [-0.1, -0.05) is 12.8 Å². The van der Waals surface area contributed by atoms with Gasteiger partial charge in [-0.05, 0) is 26.7 Å². The van der Waals surface area contributed by atoms with Crippen LogP contribution < -0.4 is 0 Å². The quantitative estimate of drug-likeness (QED) is 0.679. The van der Waals surface area contributed by atoms with Crippen LogP contribution in [-0.4, -0.2) is 28.6 Å². The highest BCUT2D eigenvalue weighted by atomic mass is 28.4. The Morgan fingerprint density at radius 1 is 1.00 bits per heavy atom. The fourth-order valence-electron chi connectivity index (χ4n) is 1.81. The summed E-state index contributed by atoms with van der Waals surface area (Å²) in [6, 6.07) is 0.995. The maximum absolute atomic E-state index is 5.85. The summed E-state index contributed by atoms with van der Waals surface area (Å²) in [4.78, 5) is 0. The number of hydrogen-bond acceptors (Lipinski definition) is 3. The van der Waals surface area contributed by atoms with Crippen LogP contribution in [0.3, 0.4) is 0 Å². The third-order valence-electron chi connectivity index (χ3n) is 2.43. The Balaban J connectivity index is 2.50. The van der Waals surface area contributed by atoms with Gasteiger partial charge in [-0.15, -0.1) is 0 Å². The Morgan fingerprint density at radius 3 is 2.29 bits per heavy atom. The molecule has 0 spiro atoms. The molecule has 14 heavy (non-hydrogen) atoms. The minimum Gasteiger partial charge on any atom is -0.374 e. The molecule has 1 fully saturated rings. The standard InChI is InChI=1S/C10H22O3Si/c1-3-11-14(12-4-2)10-8-6-5-7-9-13-14/h3-10H2,1-2H3. The van der Waals surface area contributed by atoms with Crippen LogP contribution in [0.15, 0.2) is 0 Å². The molecule has 1 saturated heterocycles. The Kier molecular flexibility index (Phi) is 5.70. The summed E-state index contributed by atoms with van der Waals surface area (Å²) in [5, 5.41) is 0. The van der Waals surface area contributed by atoms with Crippen LogP contribution in [0.25, 0.3) is 0 Å². The van der Waals surface area contributed by atoms with Crippen molar-refractivity contribution in [2.45, 2.75) is 45.6 Å². The molecule has 1 heterocycles. The van der Waals surface area contributed by atoms with Crippen molar-refractivity contribution in [2.75, 3.05) is 19.8 Å². The van der Waals surface area contributed by atoms with Crippen LogP contribution in [0.5, 0.6) is 0 Å². The minimum absolute atomic E-state index is 0.701. The Morgan fingerprint density at radius 2 is 1.64 bits per heavy atom. The molecule has 0 unspecified atom stereocenters. The minimum atomic E-state index is -2.27. The maximum atomic E-state index is 5.85. The van der Waals surface area contributed by atoms with Crippen LogP contribution in [-0.2, 0) is 13.3 Å². The van der Waals surface area contributed by atoms with E-state index in [9.17, 15) is 0 Å². The van der Waals surface area contributed by atoms with E-state index in [2.05, 4.69) is 0 Å². The van der Waals surface area contributed by atoms with Crippen molar-refractivity contribution >= 4 is 8.80 Å². The fraction of sp³-hybridized carbons (Fsp3) is 1.00. The Hall–Kier alpha value is 0.0969. The highest BCUT2D eigenvalue weighted by Gasteiger charge is 2.40. The Bertz CT molecular complexity index is 136. The molecule has 3 nitrogen and oxygen atoms in total. The van der Waals surface area contributed by atoms with E-state index in [1.165, 1.54) is 19.3 Å². The molecule has 1 aliphatic heterocycles. The first-order valence-electron chi connectivity index (χ1n) is 5.75. The van der Waals surface area contributed by atoms with Gasteiger partial charge in [0, 0.05) is 25.9 Å². The highest BCUT2D eigenvalue weighted by Crippen LogP contribution is 2.23. The van der Waals surface area contributed by atoms with Gasteiger partial charge in [0.1, 0.15) is 0 Å². The summed E-state index contributed by atoms with van der Waals surface area (Å²) in [6.45, 7) is 6.23. The average molecular weight is 218 g/mol. The molecule has 0 bridgehead atoms. The van der Waals surface area contributed by atoms with Crippen molar-refractivity contribution in [1.29, 1.82) is 0 Å². The molecule has 0 N–H and O–H groups in total. The highest BCUT2D eigenvalue weighted by molar-refractivity contribution is 6.60. The molecule has 0 amide bonds. The molecule has 0 radical (unpaired) electrons. The van der Waals surface area contributed by atoms with Crippen molar-refractivity contribution in [2.24, 2.45) is 0 Å². The molecule has 1 rings (SSSR count). The first kappa shape index (κ1) is 12.2. The summed E-state index contributed by atoms with van der Waals surface area (Å²) in [5.74, 6) is 0. The lowest BCUT2D eigenvalue weighted by Crippen LogP contribution is -2.46. The average Bonchev–Trinajstić information content (AvgIpc) is 2.12. The van der Waals surface area contributed by atoms with Gasteiger partial charge < -0.3 is 13.3 Å². The summed E-state index contributed by atoms with van der Waals surface area (Å²) in [7, 11) is -2.27. The molecule has 4 heteroatoms. The molecular formula is C10H22O3Si. The second-order valence-corrected chi connectivity index (χ2v) is 6.29. The molecule has 0 aromatic carbocycles. The predicted molar refractivity (Wildman–Crippen MR) is 58.2 cm³/mol. The van der Waals surface area contributed by atoms with Gasteiger partial charge in [-0.25, -0.2) is 0 Å². The monoisotopic (exact) mass is 218 g/mol. The van der Waals surface area contributed by atoms with E-state index in [-0.39, 0.29) is 0 Å². The first-order valence-corrected chi connectivity index (χ1v) is 7.68. The Labute approximate surface area is 88.1 Å². The second kappa shape index (κ2) is 6.56. The van der Waals surface area contributed by atoms with Gasteiger partial charge in [-0.2, -0.15) is 0 Å². The van der Waals surface area contributed by atoms with Crippen LogP contribution in [0, 0.1) is 0 Å². The zero-order valence-electron chi connectivity index (χ0n) is 9.38. The summed E-state index contributed by atoms with van der Waals surface area (Å²) >= 11 is 0. The molecule has 0 aliphatic carbocycles. The van der Waals surface area contributed by atoms with Gasteiger partial charge in [-0.3, -0.25) is 0 Å². The predicted octanol–water partition coefficient (Wildman–Crippen LogP) is 2.59. The largest absolute Gasteiger partial charge is 0.500 e. The zero-order chi connectivity index (χ0) is 10.3. The third kappa shape index (κ3) is 3.69. The van der Waals surface area contributed by atoms with Gasteiger partial charge in [0.05, 0.1) is 0 Å². The summed E-state index contributed by atoms with van der Waals surface area (Å²) in [5.41, 5.74) is 0. The third-order valence-corrected chi connectivity index (χ3v) is 5.49. The van der Waals surface area contributed by atoms with Crippen molar-refractivity contribution in [3.63, 3.8) is 0 Å². The van der Waals surface area contributed by atoms with Crippen molar-refractivity contribution in [3.05, 3.63) is 0 Å². The first-order chi connectivity index (χ1) is 6.83. The SMILES string of the molecule is CCO[Si]1(OCC)CCCCCCO1. The lowest BCUT2D eigenvalue weighted by atomic mass is 10.2. The van der Waals surface area contributed by atoms with E-state index < -0.39 is 8.80 Å². The van der Waals surface area contributed by atoms with Crippen LogP contribution in [0.2, 0.25) is 6.04 Å². The summed E-state index contributed by atoms with van der Waals surface area (Å²) in [6.07, 6.45) is 4.90. The molecule has 84 valence electrons. The van der Waals surface area contributed by atoms with Gasteiger partial charge >= 0.3 is 8.80 Å². The van der Waals surface area contributed by atoms with Crippen molar-refractivity contribution in [1.82, 2.24) is 0 Å². The molecule has 0 atom stereocenters. The van der Waals surface area contributed by atoms with Crippen LogP contribution >= 0.6 is 0 Å². The van der Waals surface area contributed by atoms with E-state index in [1.807, 2.05) is 13.8 Å². The number of hydrogen-bond donors (Lipinski definition) is 0. The van der Waals surface area contributed by atoms with Gasteiger partial charge in [0.25, 0.3) is 0 Å². The topological polar surface area (TPSA) is 27.7 Å². The van der Waals surface area contributed by atoms with E-state index >= 15 is 0 Å². The van der Waals surface area contributed by atoms with Crippen molar-refractivity contribution < 1.29 is 13.3 Å². The van der Waals surface area contributed by atoms with E-state index in [0.29, 0.717) is 13.2 Å². The zero-order valence-corrected chi connectivity index (χ0v) is 10.4. The number of rotatable bonds is 4. The molecule has 0 aromatic heterocycles. The van der Waals surface area contributed by atoms with Crippen molar-refractivity contribution in [3.8, 4) is 0 Å². The van der Waals surface area contributed by atoms with E-state index in [0.717, 1.165) is 19.1 Å². The van der Waals surface area contributed by atoms with Crippen LogP contribution in [0.4, 0.5) is 0 Å². The normalized spacial score (nSPS) is 22.7. The lowest BCUT2D eigenvalue weighted by Gasteiger charge is -2.30. The van der Waals surface area contributed by atoms with Gasteiger partial charge in [0.2, 0.25) is 0 Å². The van der Waals surface area contributed by atoms with Gasteiger partial charge in [0.15, 0.2) is 0 Å². The molecule has 0 aromatic rings. The second-order valence-electron chi connectivity index (χ2n) is 3.56. The lowest BCUT2D eigenvalue weighted by molar-refractivity contribution is 0.0617. The molecule has 0 saturated carbocycles. The maximum Gasteiger partial charge on any atom is 0.500 e. The smallest absolute Gasteiger partial charge is 0.374 e. The summed E-state index contributed by atoms with van der Waals surface area (Å²) < 4.78 is 17.3. The fourth-order valence-corrected chi connectivity index (χ4v) is 4.51. The molecular weight excluding hydrogens is 196 g/mol. The van der Waals surface area contributed by atoms with E-state index in [1.54, 1.807) is 0 Å². The molecule has 1 aliphatic rings. The van der Waals surface area contributed by atoms with E-state index in [4.69, 9.17) is 13.3 Å².